The molecule has 2 fully saturated rings. The number of nitrogens with one attached hydrogen (secondary N) is 1. The Morgan fingerprint density at radius 2 is 1.67 bits per heavy atom. The molecule has 174 valence electrons. The number of rotatable bonds is 6. The monoisotopic (exact) mass is 448 g/mol. The van der Waals surface area contributed by atoms with Gasteiger partial charge in [-0.1, -0.05) is 12.8 Å². The van der Waals surface area contributed by atoms with E-state index >= 15 is 0 Å². The van der Waals surface area contributed by atoms with Crippen molar-refractivity contribution in [2.24, 2.45) is 0 Å². The highest BCUT2D eigenvalue weighted by Gasteiger charge is 2.40. The van der Waals surface area contributed by atoms with E-state index in [2.05, 4.69) is 52.9 Å². The average molecular weight is 449 g/mol. The number of carbonyl (C=O) groups is 3. The van der Waals surface area contributed by atoms with Crippen LogP contribution in [0.1, 0.15) is 56.5 Å². The minimum atomic E-state index is -0.632. The molecule has 1 aromatic carbocycles. The number of aromatic nitrogens is 1. The third-order valence-electron chi connectivity index (χ3n) is 6.83. The van der Waals surface area contributed by atoms with E-state index in [1.807, 2.05) is 19.9 Å². The standard InChI is InChI=1S/C26H32N4O3/c1-5-28(6-2)20-11-13-22(14-12-20)29-17(3)15-19(18(29)4)16-23-24(31)27-26(33)30(25(23)32)21-9-7-8-10-21/h11-16,21H,5-10H2,1-4H3,(H,27,31,33)/b23-16+. The number of benzene rings is 1. The Bertz CT molecular complexity index is 1100. The second-order valence-corrected chi connectivity index (χ2v) is 8.78. The van der Waals surface area contributed by atoms with Crippen molar-refractivity contribution < 1.29 is 14.4 Å². The molecular weight excluding hydrogens is 416 g/mol. The van der Waals surface area contributed by atoms with Gasteiger partial charge in [-0.25, -0.2) is 4.79 Å². The van der Waals surface area contributed by atoms with Crippen LogP contribution in [-0.2, 0) is 9.59 Å². The van der Waals surface area contributed by atoms with Gasteiger partial charge in [0.05, 0.1) is 0 Å². The second kappa shape index (κ2) is 9.25. The Balaban J connectivity index is 1.66. The predicted octanol–water partition coefficient (Wildman–Crippen LogP) is 4.34. The lowest BCUT2D eigenvalue weighted by Gasteiger charge is -2.31. The fourth-order valence-electron chi connectivity index (χ4n) is 5.05. The molecule has 1 aromatic heterocycles. The number of amides is 4. The molecule has 2 heterocycles. The molecule has 0 unspecified atom stereocenters. The van der Waals surface area contributed by atoms with Crippen LogP contribution in [0.2, 0.25) is 0 Å². The molecule has 1 saturated heterocycles. The van der Waals surface area contributed by atoms with Gasteiger partial charge < -0.3 is 9.47 Å². The average Bonchev–Trinajstić information content (AvgIpc) is 3.41. The SMILES string of the molecule is CCN(CC)c1ccc(-n2c(C)cc(/C=C3\C(=O)NC(=O)N(C4CCCC4)C3=O)c2C)cc1. The van der Waals surface area contributed by atoms with Crippen molar-refractivity contribution in [3.8, 4) is 5.69 Å². The van der Waals surface area contributed by atoms with Gasteiger partial charge in [0.1, 0.15) is 5.57 Å². The van der Waals surface area contributed by atoms with Gasteiger partial charge in [-0.05, 0) is 82.5 Å². The summed E-state index contributed by atoms with van der Waals surface area (Å²) in [7, 11) is 0. The maximum absolute atomic E-state index is 13.1. The summed E-state index contributed by atoms with van der Waals surface area (Å²) in [6, 6.07) is 9.63. The molecule has 4 amide bonds. The number of imide groups is 2. The van der Waals surface area contributed by atoms with E-state index in [0.29, 0.717) is 0 Å². The first-order valence-electron chi connectivity index (χ1n) is 11.8. The third kappa shape index (κ3) is 4.19. The van der Waals surface area contributed by atoms with Gasteiger partial charge in [0.2, 0.25) is 0 Å². The summed E-state index contributed by atoms with van der Waals surface area (Å²) in [4.78, 5) is 41.6. The van der Waals surface area contributed by atoms with Crippen LogP contribution in [0.4, 0.5) is 10.5 Å². The lowest BCUT2D eigenvalue weighted by atomic mass is 10.1. The Morgan fingerprint density at radius 1 is 1.03 bits per heavy atom. The van der Waals surface area contributed by atoms with Crippen LogP contribution in [0.25, 0.3) is 11.8 Å². The molecule has 2 aliphatic rings. The topological polar surface area (TPSA) is 74.7 Å². The zero-order chi connectivity index (χ0) is 23.7. The van der Waals surface area contributed by atoms with Gasteiger partial charge in [-0.2, -0.15) is 0 Å². The third-order valence-corrected chi connectivity index (χ3v) is 6.83. The Hall–Kier alpha value is -3.35. The lowest BCUT2D eigenvalue weighted by Crippen LogP contribution is -2.57. The van der Waals surface area contributed by atoms with Crippen molar-refractivity contribution in [3.05, 3.63) is 52.9 Å². The zero-order valence-electron chi connectivity index (χ0n) is 19.9. The van der Waals surface area contributed by atoms with Crippen LogP contribution in [0.15, 0.2) is 35.9 Å². The van der Waals surface area contributed by atoms with E-state index in [0.717, 1.165) is 61.4 Å². The molecule has 1 saturated carbocycles. The minimum Gasteiger partial charge on any atom is -0.372 e. The first kappa shape index (κ1) is 22.8. The van der Waals surface area contributed by atoms with Gasteiger partial charge in [0.25, 0.3) is 11.8 Å². The van der Waals surface area contributed by atoms with Crippen molar-refractivity contribution in [1.29, 1.82) is 0 Å². The summed E-state index contributed by atoms with van der Waals surface area (Å²) >= 11 is 0. The maximum atomic E-state index is 13.1. The first-order valence-corrected chi connectivity index (χ1v) is 11.8. The van der Waals surface area contributed by atoms with Crippen molar-refractivity contribution in [2.45, 2.75) is 59.4 Å². The summed E-state index contributed by atoms with van der Waals surface area (Å²) in [6.07, 6.45) is 5.18. The maximum Gasteiger partial charge on any atom is 0.331 e. The molecule has 7 heteroatoms. The fraction of sp³-hybridized carbons (Fsp3) is 0.423. The van der Waals surface area contributed by atoms with Crippen LogP contribution in [0, 0.1) is 13.8 Å². The summed E-state index contributed by atoms with van der Waals surface area (Å²) in [5, 5.41) is 2.35. The molecule has 0 spiro atoms. The molecule has 0 radical (unpaired) electrons. The van der Waals surface area contributed by atoms with Crippen LogP contribution in [-0.4, -0.2) is 46.4 Å². The van der Waals surface area contributed by atoms with E-state index in [9.17, 15) is 14.4 Å². The number of nitrogens with zero attached hydrogens (tertiary/aromatic N) is 3. The summed E-state index contributed by atoms with van der Waals surface area (Å²) in [6.45, 7) is 10.2. The van der Waals surface area contributed by atoms with Crippen molar-refractivity contribution in [3.63, 3.8) is 0 Å². The van der Waals surface area contributed by atoms with Crippen LogP contribution < -0.4 is 10.2 Å². The molecule has 0 bridgehead atoms. The molecule has 1 aliphatic heterocycles. The van der Waals surface area contributed by atoms with Crippen molar-refractivity contribution in [1.82, 2.24) is 14.8 Å². The van der Waals surface area contributed by atoms with Crippen LogP contribution >= 0.6 is 0 Å². The number of aryl methyl sites for hydroxylation is 1. The Morgan fingerprint density at radius 3 is 2.27 bits per heavy atom. The van der Waals surface area contributed by atoms with E-state index in [-0.39, 0.29) is 11.6 Å². The van der Waals surface area contributed by atoms with Crippen LogP contribution in [0.3, 0.4) is 0 Å². The lowest BCUT2D eigenvalue weighted by molar-refractivity contribution is -0.131. The largest absolute Gasteiger partial charge is 0.372 e. The van der Waals surface area contributed by atoms with Gasteiger partial charge in [0, 0.05) is 41.9 Å². The summed E-state index contributed by atoms with van der Waals surface area (Å²) in [5.74, 6) is -1.13. The second-order valence-electron chi connectivity index (χ2n) is 8.78. The molecule has 0 atom stereocenters. The smallest absolute Gasteiger partial charge is 0.331 e. The van der Waals surface area contributed by atoms with E-state index in [1.54, 1.807) is 6.08 Å². The van der Waals surface area contributed by atoms with E-state index in [4.69, 9.17) is 0 Å². The highest BCUT2D eigenvalue weighted by Crippen LogP contribution is 2.29. The van der Waals surface area contributed by atoms with Crippen molar-refractivity contribution >= 4 is 29.6 Å². The summed E-state index contributed by atoms with van der Waals surface area (Å²) in [5.41, 5.74) is 4.93. The number of hydrogen-bond acceptors (Lipinski definition) is 4. The highest BCUT2D eigenvalue weighted by atomic mass is 16.2. The van der Waals surface area contributed by atoms with Gasteiger partial charge in [-0.3, -0.25) is 19.8 Å². The van der Waals surface area contributed by atoms with Gasteiger partial charge in [0.15, 0.2) is 0 Å². The molecule has 1 aliphatic carbocycles. The number of barbiturate groups is 1. The van der Waals surface area contributed by atoms with E-state index in [1.165, 1.54) is 10.6 Å². The number of anilines is 1. The molecule has 33 heavy (non-hydrogen) atoms. The minimum absolute atomic E-state index is 0.0126. The highest BCUT2D eigenvalue weighted by molar-refractivity contribution is 6.31. The fourth-order valence-corrected chi connectivity index (χ4v) is 5.05. The van der Waals surface area contributed by atoms with Gasteiger partial charge in [-0.15, -0.1) is 0 Å². The summed E-state index contributed by atoms with van der Waals surface area (Å²) < 4.78 is 2.11. The molecule has 7 nitrogen and oxygen atoms in total. The van der Waals surface area contributed by atoms with Crippen LogP contribution in [0.5, 0.6) is 0 Å². The molecule has 4 rings (SSSR count). The quantitative estimate of drug-likeness (QED) is 0.527. The number of hydrogen-bond donors (Lipinski definition) is 1. The predicted molar refractivity (Wildman–Crippen MR) is 129 cm³/mol. The van der Waals surface area contributed by atoms with Crippen molar-refractivity contribution in [2.75, 3.05) is 18.0 Å². The molecule has 2 aromatic rings. The normalized spacial score (nSPS) is 18.4. The first-order chi connectivity index (χ1) is 15.8. The Kier molecular flexibility index (Phi) is 6.40. The molecule has 1 N–H and O–H groups in total. The van der Waals surface area contributed by atoms with Gasteiger partial charge >= 0.3 is 6.03 Å². The number of urea groups is 1. The number of carbonyl (C=O) groups excluding carboxylic acids is 3. The van der Waals surface area contributed by atoms with E-state index < -0.39 is 17.8 Å². The zero-order valence-corrected chi connectivity index (χ0v) is 19.9. The Labute approximate surface area is 195 Å². The molecular formula is C26H32N4O3.